The maximum Gasteiger partial charge on any atom is 0.253 e. The van der Waals surface area contributed by atoms with Crippen molar-refractivity contribution in [3.05, 3.63) is 51.4 Å². The van der Waals surface area contributed by atoms with Crippen LogP contribution in [0.4, 0.5) is 0 Å². The predicted octanol–water partition coefficient (Wildman–Crippen LogP) is 5.34. The highest BCUT2D eigenvalue weighted by Gasteiger charge is 2.22. The van der Waals surface area contributed by atoms with Gasteiger partial charge in [0.2, 0.25) is 0 Å². The van der Waals surface area contributed by atoms with E-state index in [1.165, 1.54) is 10.9 Å². The molecule has 1 fully saturated rings. The van der Waals surface area contributed by atoms with Crippen LogP contribution in [0.1, 0.15) is 62.6 Å². The maximum atomic E-state index is 12.4. The number of carbonyl (C=O) groups is 1. The first-order chi connectivity index (χ1) is 16.7. The van der Waals surface area contributed by atoms with Gasteiger partial charge in [-0.3, -0.25) is 14.5 Å². The Labute approximate surface area is 208 Å². The number of rotatable bonds is 8. The van der Waals surface area contributed by atoms with Gasteiger partial charge in [0.15, 0.2) is 0 Å². The van der Waals surface area contributed by atoms with Crippen LogP contribution in [-0.2, 0) is 11.8 Å². The molecule has 0 radical (unpaired) electrons. The lowest BCUT2D eigenvalue weighted by Crippen LogP contribution is -2.38. The first-order valence-corrected chi connectivity index (χ1v) is 12.9. The second-order valence-corrected chi connectivity index (χ2v) is 10.4. The Bertz CT molecular complexity index is 1280. The minimum absolute atomic E-state index is 0.0481. The molecular formula is C29H39N3O3. The first-order valence-electron chi connectivity index (χ1n) is 12.9. The molecular weight excluding hydrogens is 438 g/mol. The number of piperidine rings is 1. The average molecular weight is 478 g/mol. The topological polar surface area (TPSA) is 67.3 Å². The molecule has 0 aliphatic carbocycles. The summed E-state index contributed by atoms with van der Waals surface area (Å²) in [5, 5.41) is 1.17. The van der Waals surface area contributed by atoms with E-state index in [4.69, 9.17) is 4.74 Å². The number of hydrogen-bond donors (Lipinski definition) is 1. The number of ketones is 1. The third kappa shape index (κ3) is 5.22. The summed E-state index contributed by atoms with van der Waals surface area (Å²) in [5.74, 6) is 2.03. The summed E-state index contributed by atoms with van der Waals surface area (Å²) in [5.41, 5.74) is 6.33. The standard InChI is InChI=1S/C29H39N3O3/c1-7-22(33)15-32-12-10-21(11-13-32)17-35-23-8-9-26-24(14-23)27(18(2)3)28(30-26)25-16-31(6)29(34)20(5)19(25)4/h8-9,14,16,18,21,30H,7,10-13,15,17H2,1-6H3. The quantitative estimate of drug-likeness (QED) is 0.475. The normalized spacial score (nSPS) is 15.3. The van der Waals surface area contributed by atoms with Crippen LogP contribution in [-0.4, -0.2) is 46.5 Å². The second-order valence-electron chi connectivity index (χ2n) is 10.4. The van der Waals surface area contributed by atoms with E-state index in [0.29, 0.717) is 37.2 Å². The number of ether oxygens (including phenoxy) is 1. The van der Waals surface area contributed by atoms with E-state index >= 15 is 0 Å². The van der Waals surface area contributed by atoms with Crippen LogP contribution in [0, 0.1) is 19.8 Å². The molecule has 1 N–H and O–H groups in total. The van der Waals surface area contributed by atoms with Gasteiger partial charge in [0.25, 0.3) is 5.56 Å². The Kier molecular flexibility index (Phi) is 7.50. The lowest BCUT2D eigenvalue weighted by Gasteiger charge is -2.31. The molecule has 1 aromatic carbocycles. The van der Waals surface area contributed by atoms with Crippen LogP contribution in [0.15, 0.2) is 29.2 Å². The van der Waals surface area contributed by atoms with E-state index in [9.17, 15) is 9.59 Å². The van der Waals surface area contributed by atoms with Gasteiger partial charge in [-0.15, -0.1) is 0 Å². The summed E-state index contributed by atoms with van der Waals surface area (Å²) < 4.78 is 7.95. The molecule has 0 spiro atoms. The number of H-pyrrole nitrogens is 1. The molecule has 1 aliphatic rings. The molecule has 3 aromatic rings. The number of nitrogens with zero attached hydrogens (tertiary/aromatic N) is 2. The Morgan fingerprint density at radius 3 is 2.54 bits per heavy atom. The molecule has 0 bridgehead atoms. The van der Waals surface area contributed by atoms with Crippen molar-refractivity contribution in [2.45, 2.75) is 59.8 Å². The minimum atomic E-state index is 0.0481. The number of carbonyl (C=O) groups excluding carboxylic acids is 1. The zero-order valence-electron chi connectivity index (χ0n) is 22.0. The summed E-state index contributed by atoms with van der Waals surface area (Å²) >= 11 is 0. The van der Waals surface area contributed by atoms with Crippen molar-refractivity contribution in [1.29, 1.82) is 0 Å². The van der Waals surface area contributed by atoms with Gasteiger partial charge >= 0.3 is 0 Å². The van der Waals surface area contributed by atoms with Gasteiger partial charge < -0.3 is 14.3 Å². The van der Waals surface area contributed by atoms with E-state index in [1.807, 2.05) is 40.1 Å². The Hall–Kier alpha value is -2.86. The smallest absolute Gasteiger partial charge is 0.253 e. The van der Waals surface area contributed by atoms with Crippen LogP contribution in [0.3, 0.4) is 0 Å². The van der Waals surface area contributed by atoms with Crippen LogP contribution < -0.4 is 10.3 Å². The SMILES string of the molecule is CCC(=O)CN1CCC(COc2ccc3[nH]c(-c4cn(C)c(=O)c(C)c4C)c(C(C)C)c3c2)CC1. The highest BCUT2D eigenvalue weighted by molar-refractivity contribution is 5.92. The zero-order chi connectivity index (χ0) is 25.3. The van der Waals surface area contributed by atoms with E-state index in [2.05, 4.69) is 35.9 Å². The molecule has 0 saturated carbocycles. The fourth-order valence-electron chi connectivity index (χ4n) is 5.21. The van der Waals surface area contributed by atoms with Gasteiger partial charge in [0.05, 0.1) is 18.8 Å². The molecule has 1 aliphatic heterocycles. The average Bonchev–Trinajstić information content (AvgIpc) is 3.23. The summed E-state index contributed by atoms with van der Waals surface area (Å²) in [6, 6.07) is 6.30. The van der Waals surface area contributed by atoms with Gasteiger partial charge in [-0.05, 0) is 80.9 Å². The van der Waals surface area contributed by atoms with Gasteiger partial charge in [-0.2, -0.15) is 0 Å². The summed E-state index contributed by atoms with van der Waals surface area (Å²) in [7, 11) is 1.81. The van der Waals surface area contributed by atoms with Crippen LogP contribution in [0.2, 0.25) is 0 Å². The van der Waals surface area contributed by atoms with E-state index in [-0.39, 0.29) is 5.56 Å². The van der Waals surface area contributed by atoms with E-state index in [0.717, 1.165) is 59.6 Å². The summed E-state index contributed by atoms with van der Waals surface area (Å²) in [4.78, 5) is 30.0. The van der Waals surface area contributed by atoms with Crippen molar-refractivity contribution in [2.75, 3.05) is 26.2 Å². The van der Waals surface area contributed by atoms with Crippen molar-refractivity contribution >= 4 is 16.7 Å². The van der Waals surface area contributed by atoms with Crippen LogP contribution in [0.5, 0.6) is 5.75 Å². The number of pyridine rings is 1. The van der Waals surface area contributed by atoms with Crippen molar-refractivity contribution in [1.82, 2.24) is 14.5 Å². The van der Waals surface area contributed by atoms with Crippen molar-refractivity contribution in [2.24, 2.45) is 13.0 Å². The highest BCUT2D eigenvalue weighted by atomic mass is 16.5. The van der Waals surface area contributed by atoms with Crippen LogP contribution in [0.25, 0.3) is 22.2 Å². The predicted molar refractivity (Wildman–Crippen MR) is 142 cm³/mol. The molecule has 0 amide bonds. The number of aryl methyl sites for hydroxylation is 1. The van der Waals surface area contributed by atoms with Gasteiger partial charge in [0.1, 0.15) is 11.5 Å². The van der Waals surface area contributed by atoms with Gasteiger partial charge in [-0.1, -0.05) is 20.8 Å². The zero-order valence-corrected chi connectivity index (χ0v) is 22.0. The molecule has 6 nitrogen and oxygen atoms in total. The molecule has 6 heteroatoms. The summed E-state index contributed by atoms with van der Waals surface area (Å²) in [6.07, 6.45) is 4.69. The number of fused-ring (bicyclic) bond motifs is 1. The number of nitrogens with one attached hydrogen (secondary N) is 1. The maximum absolute atomic E-state index is 12.4. The number of hydrogen-bond acceptors (Lipinski definition) is 4. The first kappa shape index (κ1) is 25.2. The van der Waals surface area contributed by atoms with Gasteiger partial charge in [0, 0.05) is 41.7 Å². The second kappa shape index (κ2) is 10.4. The van der Waals surface area contributed by atoms with Crippen molar-refractivity contribution < 1.29 is 9.53 Å². The Morgan fingerprint density at radius 2 is 1.89 bits per heavy atom. The van der Waals surface area contributed by atoms with Crippen LogP contribution >= 0.6 is 0 Å². The van der Waals surface area contributed by atoms with Gasteiger partial charge in [-0.25, -0.2) is 0 Å². The van der Waals surface area contributed by atoms with Crippen molar-refractivity contribution in [3.63, 3.8) is 0 Å². The monoisotopic (exact) mass is 477 g/mol. The number of Topliss-reactive ketones (excluding diaryl/α,β-unsaturated/α-hetero) is 1. The lowest BCUT2D eigenvalue weighted by atomic mass is 9.94. The molecule has 35 heavy (non-hydrogen) atoms. The molecule has 4 rings (SSSR count). The molecule has 1 saturated heterocycles. The fourth-order valence-corrected chi connectivity index (χ4v) is 5.21. The third-order valence-corrected chi connectivity index (χ3v) is 7.57. The summed E-state index contributed by atoms with van der Waals surface area (Å²) in [6.45, 7) is 13.5. The third-order valence-electron chi connectivity index (χ3n) is 7.57. The minimum Gasteiger partial charge on any atom is -0.493 e. The largest absolute Gasteiger partial charge is 0.493 e. The molecule has 2 aromatic heterocycles. The molecule has 0 unspecified atom stereocenters. The fraction of sp³-hybridized carbons (Fsp3) is 0.517. The number of likely N-dealkylation sites (tertiary alicyclic amines) is 1. The Morgan fingerprint density at radius 1 is 1.17 bits per heavy atom. The lowest BCUT2D eigenvalue weighted by molar-refractivity contribution is -0.120. The molecule has 0 atom stereocenters. The number of benzene rings is 1. The van der Waals surface area contributed by atoms with E-state index in [1.54, 1.807) is 4.57 Å². The van der Waals surface area contributed by atoms with Crippen molar-refractivity contribution in [3.8, 4) is 17.0 Å². The van der Waals surface area contributed by atoms with E-state index < -0.39 is 0 Å². The molecule has 188 valence electrons. The highest BCUT2D eigenvalue weighted by Crippen LogP contribution is 2.38. The Balaban J connectivity index is 1.55. The molecule has 3 heterocycles. The number of aromatic amines is 1. The number of aromatic nitrogens is 2.